The Morgan fingerprint density at radius 1 is 1.18 bits per heavy atom. The maximum atomic E-state index is 13.9. The van der Waals surface area contributed by atoms with Crippen LogP contribution in [0.2, 0.25) is 0 Å². The molecule has 2 atom stereocenters. The van der Waals surface area contributed by atoms with Crippen LogP contribution in [0.4, 0.5) is 32.2 Å². The van der Waals surface area contributed by atoms with Crippen molar-refractivity contribution < 1.29 is 39.6 Å². The number of aromatic nitrogens is 2. The molecule has 8 nitrogen and oxygen atoms in total. The Morgan fingerprint density at radius 2 is 1.85 bits per heavy atom. The second-order valence-electron chi connectivity index (χ2n) is 8.31. The number of anilines is 1. The third kappa shape index (κ3) is 3.76. The van der Waals surface area contributed by atoms with Crippen molar-refractivity contribution >= 4 is 21.7 Å². The molecule has 184 valence electrons. The zero-order valence-electron chi connectivity index (χ0n) is 17.1. The van der Waals surface area contributed by atoms with Crippen molar-refractivity contribution in [1.29, 1.82) is 0 Å². The maximum absolute atomic E-state index is 13.9. The van der Waals surface area contributed by atoms with Crippen molar-refractivity contribution in [3.63, 3.8) is 0 Å². The molecule has 15 heteroatoms. The average Bonchev–Trinajstić information content (AvgIpc) is 2.96. The van der Waals surface area contributed by atoms with E-state index in [1.807, 2.05) is 0 Å². The lowest BCUT2D eigenvalue weighted by molar-refractivity contribution is -0.258. The zero-order chi connectivity index (χ0) is 25.3. The van der Waals surface area contributed by atoms with Gasteiger partial charge in [-0.1, -0.05) is 0 Å². The van der Waals surface area contributed by atoms with Crippen LogP contribution in [0.5, 0.6) is 0 Å². The molecular formula is C19H17F6N5O3S. The van der Waals surface area contributed by atoms with Gasteiger partial charge >= 0.3 is 12.4 Å². The number of fused-ring (bicyclic) bond motifs is 1. The summed E-state index contributed by atoms with van der Waals surface area (Å²) in [7, 11) is -4.43. The maximum Gasteiger partial charge on any atom is 0.418 e. The minimum Gasteiger partial charge on any atom is -0.365 e. The van der Waals surface area contributed by atoms with Gasteiger partial charge in [0.25, 0.3) is 15.9 Å². The lowest BCUT2D eigenvalue weighted by atomic mass is 9.61. The summed E-state index contributed by atoms with van der Waals surface area (Å²) in [6.07, 6.45) is -8.25. The Kier molecular flexibility index (Phi) is 5.36. The van der Waals surface area contributed by atoms with Gasteiger partial charge in [-0.15, -0.1) is 0 Å². The number of alkyl halides is 6. The van der Waals surface area contributed by atoms with E-state index in [4.69, 9.17) is 10.9 Å². The number of hydrogen-bond donors (Lipinski definition) is 2. The van der Waals surface area contributed by atoms with Gasteiger partial charge in [-0.2, -0.15) is 26.3 Å². The molecule has 2 aromatic heterocycles. The van der Waals surface area contributed by atoms with E-state index in [2.05, 4.69) is 9.97 Å². The third-order valence-electron chi connectivity index (χ3n) is 6.42. The summed E-state index contributed by atoms with van der Waals surface area (Å²) in [5, 5.41) is 4.24. The SMILES string of the molecule is NC(=O)c1c(N2C[C@@H]3CC[C@]3(C(F)(F)F)C2)ncc(C(F)(F)F)c1-c1ccnc(S(N)(=O)=O)c1. The van der Waals surface area contributed by atoms with Crippen molar-refractivity contribution in [2.75, 3.05) is 18.0 Å². The van der Waals surface area contributed by atoms with E-state index in [9.17, 15) is 39.6 Å². The molecule has 0 bridgehead atoms. The van der Waals surface area contributed by atoms with Crippen molar-refractivity contribution in [2.24, 2.45) is 22.2 Å². The summed E-state index contributed by atoms with van der Waals surface area (Å²) in [5.74, 6) is -2.63. The van der Waals surface area contributed by atoms with Crippen LogP contribution in [0.15, 0.2) is 29.6 Å². The molecule has 0 radical (unpaired) electrons. The molecule has 4 rings (SSSR count). The Bertz CT molecular complexity index is 1280. The summed E-state index contributed by atoms with van der Waals surface area (Å²) in [6, 6.07) is 1.72. The molecule has 1 aliphatic heterocycles. The average molecular weight is 509 g/mol. The molecule has 3 heterocycles. The normalized spacial score (nSPS) is 22.9. The second kappa shape index (κ2) is 7.53. The first kappa shape index (κ1) is 24.2. The number of amides is 1. The molecule has 1 amide bonds. The number of hydrogen-bond acceptors (Lipinski definition) is 6. The van der Waals surface area contributed by atoms with Gasteiger partial charge in [0.1, 0.15) is 5.82 Å². The summed E-state index contributed by atoms with van der Waals surface area (Å²) in [6.45, 7) is -0.783. The molecule has 0 spiro atoms. The van der Waals surface area contributed by atoms with Crippen molar-refractivity contribution in [2.45, 2.75) is 30.2 Å². The first-order chi connectivity index (χ1) is 15.6. The monoisotopic (exact) mass is 509 g/mol. The number of nitrogens with two attached hydrogens (primary N) is 2. The number of sulfonamides is 1. The van der Waals surface area contributed by atoms with Crippen LogP contribution < -0.4 is 15.8 Å². The van der Waals surface area contributed by atoms with Crippen LogP contribution in [-0.2, 0) is 16.2 Å². The first-order valence-electron chi connectivity index (χ1n) is 9.77. The minimum atomic E-state index is -5.06. The largest absolute Gasteiger partial charge is 0.418 e. The van der Waals surface area contributed by atoms with E-state index in [1.165, 1.54) is 0 Å². The van der Waals surface area contributed by atoms with Gasteiger partial charge in [0.15, 0.2) is 5.03 Å². The second-order valence-corrected chi connectivity index (χ2v) is 9.81. The van der Waals surface area contributed by atoms with Gasteiger partial charge in [-0.05, 0) is 36.5 Å². The summed E-state index contributed by atoms with van der Waals surface area (Å²) >= 11 is 0. The molecule has 1 saturated carbocycles. The molecule has 4 N–H and O–H groups in total. The standard InChI is InChI=1S/C19H17F6N5O3S/c20-18(21,22)11-6-29-16(30-7-10-1-3-17(10,8-30)19(23,24)25)14(15(26)31)13(11)9-2-4-28-12(5-9)34(27,32)33/h2,4-6,10H,1,3,7-8H2,(H2,26,31)(H2,27,32,33)/t10-,17-/m0/s1. The Hall–Kier alpha value is -2.94. The number of carbonyl (C=O) groups excluding carboxylic acids is 1. The lowest BCUT2D eigenvalue weighted by Crippen LogP contribution is -2.51. The molecule has 34 heavy (non-hydrogen) atoms. The van der Waals surface area contributed by atoms with Crippen molar-refractivity contribution in [3.8, 4) is 11.1 Å². The van der Waals surface area contributed by atoms with Crippen LogP contribution in [0.3, 0.4) is 0 Å². The predicted octanol–water partition coefficient (Wildman–Crippen LogP) is 2.69. The fourth-order valence-corrected chi connectivity index (χ4v) is 5.18. The fraction of sp³-hybridized carbons (Fsp3) is 0.421. The summed E-state index contributed by atoms with van der Waals surface area (Å²) in [4.78, 5) is 20.7. The quantitative estimate of drug-likeness (QED) is 0.609. The Balaban J connectivity index is 1.95. The number of primary sulfonamides is 1. The highest BCUT2D eigenvalue weighted by atomic mass is 32.2. The van der Waals surface area contributed by atoms with Crippen LogP contribution in [-0.4, -0.2) is 43.6 Å². The number of rotatable bonds is 4. The van der Waals surface area contributed by atoms with Crippen LogP contribution in [0, 0.1) is 11.3 Å². The Morgan fingerprint density at radius 3 is 2.32 bits per heavy atom. The predicted molar refractivity (Wildman–Crippen MR) is 106 cm³/mol. The fourth-order valence-electron chi connectivity index (χ4n) is 4.68. The minimum absolute atomic E-state index is 0.154. The van der Waals surface area contributed by atoms with E-state index in [0.29, 0.717) is 6.20 Å². The summed E-state index contributed by atoms with van der Waals surface area (Å²) < 4.78 is 106. The van der Waals surface area contributed by atoms with E-state index in [1.54, 1.807) is 0 Å². The third-order valence-corrected chi connectivity index (χ3v) is 7.23. The molecule has 1 aliphatic carbocycles. The molecular weight excluding hydrogens is 492 g/mol. The number of halogens is 6. The lowest BCUT2D eigenvalue weighted by Gasteiger charge is -2.44. The summed E-state index contributed by atoms with van der Waals surface area (Å²) in [5.41, 5.74) is -0.0913. The van der Waals surface area contributed by atoms with Crippen LogP contribution >= 0.6 is 0 Å². The molecule has 0 unspecified atom stereocenters. The van der Waals surface area contributed by atoms with Crippen LogP contribution in [0.1, 0.15) is 28.8 Å². The smallest absolute Gasteiger partial charge is 0.365 e. The number of pyridine rings is 2. The first-order valence-corrected chi connectivity index (χ1v) is 11.3. The molecule has 2 fully saturated rings. The topological polar surface area (TPSA) is 132 Å². The van der Waals surface area contributed by atoms with E-state index < -0.39 is 79.3 Å². The van der Waals surface area contributed by atoms with E-state index in [0.717, 1.165) is 23.2 Å². The van der Waals surface area contributed by atoms with Gasteiger partial charge < -0.3 is 10.6 Å². The molecule has 0 aromatic carbocycles. The van der Waals surface area contributed by atoms with Gasteiger partial charge in [0, 0.05) is 31.0 Å². The highest BCUT2D eigenvalue weighted by Crippen LogP contribution is 2.61. The van der Waals surface area contributed by atoms with Crippen molar-refractivity contribution in [3.05, 3.63) is 35.7 Å². The van der Waals surface area contributed by atoms with Gasteiger partial charge in [0.2, 0.25) is 0 Å². The molecule has 2 aromatic rings. The van der Waals surface area contributed by atoms with Crippen LogP contribution in [0.25, 0.3) is 11.1 Å². The zero-order valence-corrected chi connectivity index (χ0v) is 17.9. The van der Waals surface area contributed by atoms with Gasteiger partial charge in [-0.3, -0.25) is 4.79 Å². The highest BCUT2D eigenvalue weighted by molar-refractivity contribution is 7.89. The number of primary amides is 1. The Labute approximate surface area is 189 Å². The van der Waals surface area contributed by atoms with Gasteiger partial charge in [-0.25, -0.2) is 23.5 Å². The highest BCUT2D eigenvalue weighted by Gasteiger charge is 2.68. The van der Waals surface area contributed by atoms with Gasteiger partial charge in [0.05, 0.1) is 16.5 Å². The van der Waals surface area contributed by atoms with E-state index in [-0.39, 0.29) is 19.4 Å². The molecule has 2 aliphatic rings. The number of nitrogens with zero attached hydrogens (tertiary/aromatic N) is 3. The van der Waals surface area contributed by atoms with Crippen molar-refractivity contribution in [1.82, 2.24) is 9.97 Å². The number of carbonyl (C=O) groups is 1. The molecule has 1 saturated heterocycles. The van der Waals surface area contributed by atoms with E-state index >= 15 is 0 Å².